The lowest BCUT2D eigenvalue weighted by molar-refractivity contribution is 0.195. The van der Waals surface area contributed by atoms with Crippen molar-refractivity contribution in [3.05, 3.63) is 23.8 Å². The smallest absolute Gasteiger partial charge is 0.0116 e. The van der Waals surface area contributed by atoms with E-state index in [1.807, 2.05) is 0 Å². The molecule has 0 aliphatic heterocycles. The molecule has 2 aliphatic rings. The van der Waals surface area contributed by atoms with E-state index in [9.17, 15) is 0 Å². The van der Waals surface area contributed by atoms with E-state index in [2.05, 4.69) is 39.0 Å². The molecule has 0 unspecified atom stereocenters. The van der Waals surface area contributed by atoms with Crippen LogP contribution >= 0.6 is 0 Å². The van der Waals surface area contributed by atoms with E-state index in [0.29, 0.717) is 5.41 Å². The molecule has 2 fully saturated rings. The molecule has 0 radical (unpaired) electrons. The van der Waals surface area contributed by atoms with Crippen LogP contribution in [-0.4, -0.2) is 0 Å². The summed E-state index contributed by atoms with van der Waals surface area (Å²) in [6.45, 7) is 6.86. The van der Waals surface area contributed by atoms with Gasteiger partial charge in [0.25, 0.3) is 0 Å². The van der Waals surface area contributed by atoms with Crippen LogP contribution in [0.3, 0.4) is 0 Å². The largest absolute Gasteiger partial charge is 0.0877 e. The molecule has 0 aromatic heterocycles. The molecular formula is C15H24. The van der Waals surface area contributed by atoms with Gasteiger partial charge in [0.15, 0.2) is 0 Å². The zero-order chi connectivity index (χ0) is 10.9. The minimum Gasteiger partial charge on any atom is -0.0877 e. The van der Waals surface area contributed by atoms with Gasteiger partial charge in [0.2, 0.25) is 0 Å². The Kier molecular flexibility index (Phi) is 2.79. The normalized spacial score (nSPS) is 28.6. The van der Waals surface area contributed by atoms with Crippen LogP contribution in [0.4, 0.5) is 0 Å². The maximum atomic E-state index is 2.46. The third-order valence-corrected chi connectivity index (χ3v) is 4.86. The van der Waals surface area contributed by atoms with E-state index in [1.54, 1.807) is 5.57 Å². The van der Waals surface area contributed by atoms with Gasteiger partial charge in [-0.05, 0) is 63.2 Å². The highest BCUT2D eigenvalue weighted by Gasteiger charge is 2.47. The number of hydrogen-bond donors (Lipinski definition) is 0. The highest BCUT2D eigenvalue weighted by Crippen LogP contribution is 2.60. The van der Waals surface area contributed by atoms with Crippen LogP contribution in [0.2, 0.25) is 0 Å². The van der Waals surface area contributed by atoms with E-state index in [0.717, 1.165) is 5.41 Å². The maximum Gasteiger partial charge on any atom is -0.0116 e. The molecule has 0 amide bonds. The average Bonchev–Trinajstić information content (AvgIpc) is 3.00. The minimum absolute atomic E-state index is 0.493. The van der Waals surface area contributed by atoms with Crippen LogP contribution < -0.4 is 0 Å². The van der Waals surface area contributed by atoms with Crippen molar-refractivity contribution in [2.24, 2.45) is 10.8 Å². The van der Waals surface area contributed by atoms with Crippen molar-refractivity contribution >= 4 is 0 Å². The van der Waals surface area contributed by atoms with Crippen LogP contribution in [0.25, 0.3) is 0 Å². The van der Waals surface area contributed by atoms with Gasteiger partial charge in [-0.1, -0.05) is 30.7 Å². The third-order valence-electron chi connectivity index (χ3n) is 4.86. The average molecular weight is 204 g/mol. The molecule has 2 rings (SSSR count). The molecule has 2 saturated carbocycles. The molecule has 0 N–H and O–H groups in total. The SMILES string of the molecule is C/C=C\C=C(/C)C1(C)CCC2(CC2)CC1. The van der Waals surface area contributed by atoms with Gasteiger partial charge in [0.1, 0.15) is 0 Å². The molecule has 15 heavy (non-hydrogen) atoms. The van der Waals surface area contributed by atoms with Gasteiger partial charge in [0.05, 0.1) is 0 Å². The predicted octanol–water partition coefficient (Wildman–Crippen LogP) is 4.87. The van der Waals surface area contributed by atoms with E-state index < -0.39 is 0 Å². The van der Waals surface area contributed by atoms with Gasteiger partial charge in [-0.25, -0.2) is 0 Å². The summed E-state index contributed by atoms with van der Waals surface area (Å²) < 4.78 is 0. The van der Waals surface area contributed by atoms with Crippen molar-refractivity contribution in [2.45, 2.75) is 59.3 Å². The number of hydrogen-bond acceptors (Lipinski definition) is 0. The lowest BCUT2D eigenvalue weighted by atomic mass is 9.66. The summed E-state index contributed by atoms with van der Waals surface area (Å²) in [6.07, 6.45) is 15.4. The first-order chi connectivity index (χ1) is 7.10. The second kappa shape index (κ2) is 3.81. The topological polar surface area (TPSA) is 0 Å². The standard InChI is InChI=1S/C15H24/c1-4-5-6-13(2)14(3)7-9-15(10-8-14)11-12-15/h4-6H,7-12H2,1-3H3/b5-4-,13-6+. The monoisotopic (exact) mass is 204 g/mol. The van der Waals surface area contributed by atoms with E-state index >= 15 is 0 Å². The fraction of sp³-hybridized carbons (Fsp3) is 0.733. The molecular weight excluding hydrogens is 180 g/mol. The quantitative estimate of drug-likeness (QED) is 0.563. The second-order valence-electron chi connectivity index (χ2n) is 5.94. The number of rotatable bonds is 2. The van der Waals surface area contributed by atoms with Gasteiger partial charge in [-0.3, -0.25) is 0 Å². The van der Waals surface area contributed by atoms with Crippen LogP contribution in [0.1, 0.15) is 59.3 Å². The first-order valence-electron chi connectivity index (χ1n) is 6.40. The third kappa shape index (κ3) is 2.19. The Morgan fingerprint density at radius 2 is 1.53 bits per heavy atom. The molecule has 0 aromatic rings. The van der Waals surface area contributed by atoms with E-state index in [1.165, 1.54) is 38.5 Å². The van der Waals surface area contributed by atoms with Crippen LogP contribution in [-0.2, 0) is 0 Å². The molecule has 0 nitrogen and oxygen atoms in total. The fourth-order valence-corrected chi connectivity index (χ4v) is 2.84. The summed E-state index contributed by atoms with van der Waals surface area (Å²) >= 11 is 0. The summed E-state index contributed by atoms with van der Waals surface area (Å²) in [6, 6.07) is 0. The van der Waals surface area contributed by atoms with Crippen molar-refractivity contribution in [1.82, 2.24) is 0 Å². The summed E-state index contributed by atoms with van der Waals surface area (Å²) in [5.41, 5.74) is 2.89. The van der Waals surface area contributed by atoms with Gasteiger partial charge >= 0.3 is 0 Å². The van der Waals surface area contributed by atoms with E-state index in [4.69, 9.17) is 0 Å². The zero-order valence-electron chi connectivity index (χ0n) is 10.5. The Bertz CT molecular complexity index is 279. The lowest BCUT2D eigenvalue weighted by Crippen LogP contribution is -2.26. The highest BCUT2D eigenvalue weighted by atomic mass is 14.5. The first kappa shape index (κ1) is 11.0. The molecule has 84 valence electrons. The summed E-state index contributed by atoms with van der Waals surface area (Å²) in [4.78, 5) is 0. The number of allylic oxidation sites excluding steroid dienone is 4. The van der Waals surface area contributed by atoms with Crippen molar-refractivity contribution in [3.8, 4) is 0 Å². The fourth-order valence-electron chi connectivity index (χ4n) is 2.84. The lowest BCUT2D eigenvalue weighted by Gasteiger charge is -2.38. The predicted molar refractivity (Wildman–Crippen MR) is 66.8 cm³/mol. The first-order valence-corrected chi connectivity index (χ1v) is 6.40. The summed E-state index contributed by atoms with van der Waals surface area (Å²) in [7, 11) is 0. The Morgan fingerprint density at radius 3 is 2.00 bits per heavy atom. The molecule has 2 aliphatic carbocycles. The van der Waals surface area contributed by atoms with Crippen LogP contribution in [0.15, 0.2) is 23.8 Å². The maximum absolute atomic E-state index is 2.46. The van der Waals surface area contributed by atoms with Gasteiger partial charge in [-0.2, -0.15) is 0 Å². The molecule has 0 heteroatoms. The summed E-state index contributed by atoms with van der Waals surface area (Å²) in [5.74, 6) is 0. The molecule has 0 heterocycles. The van der Waals surface area contributed by atoms with E-state index in [-0.39, 0.29) is 0 Å². The van der Waals surface area contributed by atoms with Gasteiger partial charge in [0, 0.05) is 0 Å². The van der Waals surface area contributed by atoms with Crippen LogP contribution in [0, 0.1) is 10.8 Å². The van der Waals surface area contributed by atoms with Crippen molar-refractivity contribution in [2.75, 3.05) is 0 Å². The molecule has 0 saturated heterocycles. The Morgan fingerprint density at radius 1 is 1.00 bits per heavy atom. The molecule has 0 atom stereocenters. The zero-order valence-corrected chi connectivity index (χ0v) is 10.5. The van der Waals surface area contributed by atoms with Crippen molar-refractivity contribution in [1.29, 1.82) is 0 Å². The van der Waals surface area contributed by atoms with Crippen molar-refractivity contribution < 1.29 is 0 Å². The van der Waals surface area contributed by atoms with Crippen molar-refractivity contribution in [3.63, 3.8) is 0 Å². The van der Waals surface area contributed by atoms with Gasteiger partial charge < -0.3 is 0 Å². The molecule has 0 aromatic carbocycles. The highest BCUT2D eigenvalue weighted by molar-refractivity contribution is 5.19. The Balaban J connectivity index is 2.01. The summed E-state index contributed by atoms with van der Waals surface area (Å²) in [5, 5.41) is 0. The minimum atomic E-state index is 0.493. The molecule has 1 spiro atoms. The van der Waals surface area contributed by atoms with Crippen LogP contribution in [0.5, 0.6) is 0 Å². The molecule has 0 bridgehead atoms. The van der Waals surface area contributed by atoms with Gasteiger partial charge in [-0.15, -0.1) is 0 Å². The Hall–Kier alpha value is -0.520. The second-order valence-corrected chi connectivity index (χ2v) is 5.94. The Labute approximate surface area is 94.5 Å².